The van der Waals surface area contributed by atoms with Crippen LogP contribution in [0.5, 0.6) is 0 Å². The molecule has 4 N–H and O–H groups in total. The molecule has 0 unspecified atom stereocenters. The molecule has 1 heterocycles. The van der Waals surface area contributed by atoms with Crippen LogP contribution in [-0.4, -0.2) is 29.6 Å². The van der Waals surface area contributed by atoms with Crippen LogP contribution in [0.4, 0.5) is 5.00 Å². The van der Waals surface area contributed by atoms with Crippen LogP contribution in [0.2, 0.25) is 0 Å². The summed E-state index contributed by atoms with van der Waals surface area (Å²) in [5.74, 6) is -2.70. The fourth-order valence-electron chi connectivity index (χ4n) is 3.78. The van der Waals surface area contributed by atoms with Gasteiger partial charge in [-0.25, -0.2) is 4.79 Å². The number of hydrogen-bond donors (Lipinski definition) is 3. The molecule has 0 radical (unpaired) electrons. The molecule has 0 saturated heterocycles. The Labute approximate surface area is 205 Å². The first-order chi connectivity index (χ1) is 16.9. The third kappa shape index (κ3) is 4.87. The molecule has 7 nitrogen and oxygen atoms in total. The van der Waals surface area contributed by atoms with Crippen LogP contribution in [0.25, 0.3) is 21.6 Å². The molecule has 0 fully saturated rings. The summed E-state index contributed by atoms with van der Waals surface area (Å²) in [4.78, 5) is 41.6. The Hall–Kier alpha value is -4.56. The van der Waals surface area contributed by atoms with E-state index in [1.807, 2.05) is 60.7 Å². The molecular weight excluding hydrogens is 462 g/mol. The Balaban J connectivity index is 1.85. The van der Waals surface area contributed by atoms with Crippen LogP contribution in [0.15, 0.2) is 83.9 Å². The number of nitrogens with two attached hydrogens (primary N) is 1. The number of carbonyl (C=O) groups is 3. The number of aromatic carboxylic acids is 1. The highest BCUT2D eigenvalue weighted by Gasteiger charge is 2.24. The van der Waals surface area contributed by atoms with Gasteiger partial charge >= 0.3 is 5.97 Å². The van der Waals surface area contributed by atoms with Gasteiger partial charge in [0, 0.05) is 16.0 Å². The lowest BCUT2D eigenvalue weighted by molar-refractivity contribution is 0.0696. The molecule has 0 atom stereocenters. The average Bonchev–Trinajstić information content (AvgIpc) is 3.22. The highest BCUT2D eigenvalue weighted by Crippen LogP contribution is 2.46. The number of anilines is 1. The molecule has 1 aromatic heterocycles. The molecule has 0 aliphatic rings. The highest BCUT2D eigenvalue weighted by atomic mass is 32.1. The van der Waals surface area contributed by atoms with Gasteiger partial charge in [0.2, 0.25) is 5.91 Å². The van der Waals surface area contributed by atoms with E-state index in [1.54, 1.807) is 0 Å². The summed E-state index contributed by atoms with van der Waals surface area (Å²) in [6, 6.07) is 23.2. The Bertz CT molecular complexity index is 1430. The summed E-state index contributed by atoms with van der Waals surface area (Å²) in [6.45, 7) is 3.89. The second-order valence-corrected chi connectivity index (χ2v) is 8.63. The van der Waals surface area contributed by atoms with E-state index in [0.717, 1.165) is 33.2 Å². The topological polar surface area (TPSA) is 122 Å². The maximum atomic E-state index is 13.3. The van der Waals surface area contributed by atoms with Crippen molar-refractivity contribution in [2.24, 2.45) is 10.7 Å². The van der Waals surface area contributed by atoms with Crippen LogP contribution in [0.1, 0.15) is 36.6 Å². The van der Waals surface area contributed by atoms with Crippen LogP contribution < -0.4 is 11.1 Å². The van der Waals surface area contributed by atoms with Gasteiger partial charge < -0.3 is 16.2 Å². The number of amides is 2. The van der Waals surface area contributed by atoms with E-state index in [4.69, 9.17) is 5.73 Å². The minimum Gasteiger partial charge on any atom is -0.478 e. The highest BCUT2D eigenvalue weighted by molar-refractivity contribution is 7.20. The van der Waals surface area contributed by atoms with Crippen molar-refractivity contribution in [1.82, 2.24) is 0 Å². The van der Waals surface area contributed by atoms with Crippen LogP contribution in [-0.2, 0) is 6.54 Å². The summed E-state index contributed by atoms with van der Waals surface area (Å²) in [6.07, 6.45) is 0. The largest absolute Gasteiger partial charge is 0.478 e. The number of carboxylic acid groups (broad SMARTS) is 1. The molecule has 2 amide bonds. The number of nitrogens with one attached hydrogen (secondary N) is 1. The predicted octanol–water partition coefficient (Wildman–Crippen LogP) is 5.33. The molecule has 4 aromatic rings. The van der Waals surface area contributed by atoms with E-state index < -0.39 is 17.8 Å². The van der Waals surface area contributed by atoms with Crippen LogP contribution in [0, 0.1) is 0 Å². The predicted molar refractivity (Wildman–Crippen MR) is 138 cm³/mol. The second kappa shape index (κ2) is 10.1. The number of hydrogen-bond acceptors (Lipinski definition) is 5. The lowest BCUT2D eigenvalue weighted by Crippen LogP contribution is -2.21. The summed E-state index contributed by atoms with van der Waals surface area (Å²) in [5, 5.41) is 12.7. The third-order valence-corrected chi connectivity index (χ3v) is 6.58. The molecule has 35 heavy (non-hydrogen) atoms. The van der Waals surface area contributed by atoms with Gasteiger partial charge in [0.1, 0.15) is 5.00 Å². The summed E-state index contributed by atoms with van der Waals surface area (Å²) in [5.41, 5.74) is 8.77. The second-order valence-electron chi connectivity index (χ2n) is 7.61. The molecule has 3 aromatic carbocycles. The lowest BCUT2D eigenvalue weighted by atomic mass is 9.98. The lowest BCUT2D eigenvalue weighted by Gasteiger charge is -2.10. The van der Waals surface area contributed by atoms with Crippen molar-refractivity contribution in [3.63, 3.8) is 0 Å². The van der Waals surface area contributed by atoms with Gasteiger partial charge in [-0.3, -0.25) is 14.6 Å². The van der Waals surface area contributed by atoms with Gasteiger partial charge in [-0.2, -0.15) is 0 Å². The SMILES string of the molecule is C=NCc1c(NC(=O)c2ccc(C(=O)O)cc2C(N)=O)sc(-c2ccccc2)c1-c1ccccc1. The number of nitrogens with zero attached hydrogens (tertiary/aromatic N) is 1. The van der Waals surface area contributed by atoms with Crippen molar-refractivity contribution in [3.05, 3.63) is 101 Å². The molecule has 0 bridgehead atoms. The van der Waals surface area contributed by atoms with Crippen molar-refractivity contribution in [2.45, 2.75) is 6.54 Å². The van der Waals surface area contributed by atoms with E-state index in [-0.39, 0.29) is 23.2 Å². The molecule has 0 saturated carbocycles. The van der Waals surface area contributed by atoms with Gasteiger partial charge in [-0.05, 0) is 36.0 Å². The average molecular weight is 484 g/mol. The summed E-state index contributed by atoms with van der Waals surface area (Å²) >= 11 is 1.39. The molecule has 4 rings (SSSR count). The minimum atomic E-state index is -1.22. The molecule has 0 aliphatic carbocycles. The first kappa shape index (κ1) is 23.6. The summed E-state index contributed by atoms with van der Waals surface area (Å²) in [7, 11) is 0. The fraction of sp³-hybridized carbons (Fsp3) is 0.0370. The van der Waals surface area contributed by atoms with Gasteiger partial charge in [0.15, 0.2) is 0 Å². The zero-order chi connectivity index (χ0) is 24.9. The van der Waals surface area contributed by atoms with Gasteiger partial charge in [0.25, 0.3) is 5.91 Å². The van der Waals surface area contributed by atoms with Crippen molar-refractivity contribution in [3.8, 4) is 21.6 Å². The molecule has 8 heteroatoms. The van der Waals surface area contributed by atoms with Gasteiger partial charge in [-0.1, -0.05) is 60.7 Å². The standard InChI is InChI=1S/C27H21N3O4S/c1-29-15-21-22(16-8-4-2-5-9-16)23(17-10-6-3-7-11-17)35-26(21)30-25(32)19-13-12-18(27(33)34)14-20(19)24(28)31/h2-14H,1,15H2,(H2,28,31)(H,30,32)(H,33,34). The van der Waals surface area contributed by atoms with Gasteiger partial charge in [0.05, 0.1) is 23.2 Å². The molecule has 0 spiro atoms. The van der Waals surface area contributed by atoms with E-state index in [1.165, 1.54) is 23.5 Å². The zero-order valence-corrected chi connectivity index (χ0v) is 19.3. The number of carbonyl (C=O) groups excluding carboxylic acids is 2. The van der Waals surface area contributed by atoms with E-state index >= 15 is 0 Å². The van der Waals surface area contributed by atoms with Crippen LogP contribution in [0.3, 0.4) is 0 Å². The quantitative estimate of drug-likeness (QED) is 0.293. The summed E-state index contributed by atoms with van der Waals surface area (Å²) < 4.78 is 0. The maximum absolute atomic E-state index is 13.3. The Kier molecular flexibility index (Phi) is 6.84. The molecular formula is C27H21N3O4S. The van der Waals surface area contributed by atoms with Crippen molar-refractivity contribution < 1.29 is 19.5 Å². The Morgan fingerprint density at radius 3 is 2.11 bits per heavy atom. The molecule has 174 valence electrons. The number of thiophene rings is 1. The number of primary amides is 1. The van der Waals surface area contributed by atoms with E-state index in [2.05, 4.69) is 17.0 Å². The number of benzene rings is 3. The zero-order valence-electron chi connectivity index (χ0n) is 18.5. The Morgan fingerprint density at radius 1 is 0.914 bits per heavy atom. The number of aliphatic imine (C=N–C) groups is 1. The monoisotopic (exact) mass is 483 g/mol. The van der Waals surface area contributed by atoms with Crippen molar-refractivity contribution in [1.29, 1.82) is 0 Å². The van der Waals surface area contributed by atoms with Crippen molar-refractivity contribution in [2.75, 3.05) is 5.32 Å². The fourth-order valence-corrected chi connectivity index (χ4v) is 5.02. The minimum absolute atomic E-state index is 0.0177. The number of carboxylic acids is 1. The first-order valence-electron chi connectivity index (χ1n) is 10.6. The van der Waals surface area contributed by atoms with E-state index in [9.17, 15) is 19.5 Å². The molecule has 0 aliphatic heterocycles. The van der Waals surface area contributed by atoms with Crippen molar-refractivity contribution >= 4 is 40.8 Å². The van der Waals surface area contributed by atoms with Crippen LogP contribution >= 0.6 is 11.3 Å². The third-order valence-electron chi connectivity index (χ3n) is 5.38. The van der Waals surface area contributed by atoms with Gasteiger partial charge in [-0.15, -0.1) is 11.3 Å². The maximum Gasteiger partial charge on any atom is 0.335 e. The normalized spacial score (nSPS) is 10.5. The van der Waals surface area contributed by atoms with E-state index in [0.29, 0.717) is 5.00 Å². The smallest absolute Gasteiger partial charge is 0.335 e. The Morgan fingerprint density at radius 2 is 1.54 bits per heavy atom. The first-order valence-corrected chi connectivity index (χ1v) is 11.4. The number of rotatable bonds is 8.